The molecule has 0 fully saturated rings. The van der Waals surface area contributed by atoms with Crippen molar-refractivity contribution in [2.24, 2.45) is 0 Å². The number of hydrogen-bond donors (Lipinski definition) is 1. The normalized spacial score (nSPS) is 13.2. The Morgan fingerprint density at radius 3 is 2.42 bits per heavy atom. The van der Waals surface area contributed by atoms with Gasteiger partial charge in [0.25, 0.3) is 5.91 Å². The van der Waals surface area contributed by atoms with Gasteiger partial charge in [-0.05, 0) is 62.6 Å². The lowest BCUT2D eigenvalue weighted by Gasteiger charge is -2.22. The van der Waals surface area contributed by atoms with E-state index in [0.717, 1.165) is 12.0 Å². The highest BCUT2D eigenvalue weighted by Crippen LogP contribution is 2.22. The van der Waals surface area contributed by atoms with Crippen LogP contribution in [-0.4, -0.2) is 12.0 Å². The van der Waals surface area contributed by atoms with Crippen LogP contribution in [0, 0.1) is 13.8 Å². The Morgan fingerprint density at radius 2 is 1.83 bits per heavy atom. The average Bonchev–Trinajstić information content (AvgIpc) is 2.55. The maximum absolute atomic E-state index is 12.5. The van der Waals surface area contributed by atoms with Crippen molar-refractivity contribution in [3.63, 3.8) is 0 Å². The van der Waals surface area contributed by atoms with Crippen LogP contribution >= 0.6 is 11.6 Å². The second kappa shape index (κ2) is 8.20. The highest BCUT2D eigenvalue weighted by molar-refractivity contribution is 6.30. The van der Waals surface area contributed by atoms with Crippen molar-refractivity contribution < 1.29 is 9.53 Å². The predicted molar refractivity (Wildman–Crippen MR) is 98.6 cm³/mol. The Balaban J connectivity index is 2.04. The maximum Gasteiger partial charge on any atom is 0.261 e. The largest absolute Gasteiger partial charge is 0.481 e. The lowest BCUT2D eigenvalue weighted by Crippen LogP contribution is -2.38. The fourth-order valence-corrected chi connectivity index (χ4v) is 2.80. The summed E-state index contributed by atoms with van der Waals surface area (Å²) in [7, 11) is 0. The van der Waals surface area contributed by atoms with E-state index in [0.29, 0.717) is 10.8 Å². The van der Waals surface area contributed by atoms with Crippen molar-refractivity contribution in [3.8, 4) is 5.75 Å². The molecule has 2 unspecified atom stereocenters. The summed E-state index contributed by atoms with van der Waals surface area (Å²) >= 11 is 5.86. The molecule has 2 aromatic rings. The Labute approximate surface area is 149 Å². The van der Waals surface area contributed by atoms with Crippen molar-refractivity contribution >= 4 is 17.5 Å². The summed E-state index contributed by atoms with van der Waals surface area (Å²) in [5.41, 5.74) is 3.56. The summed E-state index contributed by atoms with van der Waals surface area (Å²) in [6, 6.07) is 13.3. The summed E-state index contributed by atoms with van der Waals surface area (Å²) in [6.07, 6.45) is 0.245. The molecule has 1 N–H and O–H groups in total. The van der Waals surface area contributed by atoms with Gasteiger partial charge >= 0.3 is 0 Å². The molecule has 0 saturated heterocycles. The van der Waals surface area contributed by atoms with Gasteiger partial charge in [0.15, 0.2) is 6.10 Å². The third-order valence-corrected chi connectivity index (χ3v) is 4.27. The van der Waals surface area contributed by atoms with Crippen molar-refractivity contribution in [1.82, 2.24) is 5.32 Å². The SMILES string of the molecule is CCC(NC(=O)C(C)Oc1ccc(Cl)cc1)c1ccc(C)cc1C. The summed E-state index contributed by atoms with van der Waals surface area (Å²) < 4.78 is 5.69. The smallest absolute Gasteiger partial charge is 0.261 e. The van der Waals surface area contributed by atoms with Crippen molar-refractivity contribution in [1.29, 1.82) is 0 Å². The maximum atomic E-state index is 12.5. The number of ether oxygens (including phenoxy) is 1. The predicted octanol–water partition coefficient (Wildman–Crippen LogP) is 4.99. The fraction of sp³-hybridized carbons (Fsp3) is 0.350. The molecular formula is C20H24ClNO2. The Kier molecular flexibility index (Phi) is 6.27. The first-order chi connectivity index (χ1) is 11.4. The topological polar surface area (TPSA) is 38.3 Å². The molecular weight excluding hydrogens is 322 g/mol. The minimum absolute atomic E-state index is 0.0191. The van der Waals surface area contributed by atoms with E-state index in [9.17, 15) is 4.79 Å². The van der Waals surface area contributed by atoms with Crippen LogP contribution in [0.15, 0.2) is 42.5 Å². The summed E-state index contributed by atoms with van der Waals surface area (Å²) in [4.78, 5) is 12.5. The van der Waals surface area contributed by atoms with E-state index in [1.54, 1.807) is 31.2 Å². The van der Waals surface area contributed by atoms with Gasteiger partial charge in [0.05, 0.1) is 6.04 Å². The summed E-state index contributed by atoms with van der Waals surface area (Å²) in [6.45, 7) is 7.96. The van der Waals surface area contributed by atoms with Crippen LogP contribution in [-0.2, 0) is 4.79 Å². The molecule has 128 valence electrons. The molecule has 1 amide bonds. The molecule has 2 aromatic carbocycles. The molecule has 0 aromatic heterocycles. The Hall–Kier alpha value is -2.00. The van der Waals surface area contributed by atoms with Crippen LogP contribution in [0.3, 0.4) is 0 Å². The van der Waals surface area contributed by atoms with Gasteiger partial charge in [-0.2, -0.15) is 0 Å². The van der Waals surface area contributed by atoms with E-state index in [-0.39, 0.29) is 11.9 Å². The van der Waals surface area contributed by atoms with E-state index < -0.39 is 6.10 Å². The first kappa shape index (κ1) is 18.3. The second-order valence-corrected chi connectivity index (χ2v) is 6.48. The molecule has 0 heterocycles. The number of nitrogens with one attached hydrogen (secondary N) is 1. The molecule has 24 heavy (non-hydrogen) atoms. The zero-order chi connectivity index (χ0) is 17.7. The minimum Gasteiger partial charge on any atom is -0.481 e. The number of benzene rings is 2. The van der Waals surface area contributed by atoms with E-state index in [2.05, 4.69) is 44.3 Å². The minimum atomic E-state index is -0.578. The van der Waals surface area contributed by atoms with Crippen LogP contribution in [0.1, 0.15) is 43.0 Å². The van der Waals surface area contributed by atoms with Crippen LogP contribution in [0.5, 0.6) is 5.75 Å². The quantitative estimate of drug-likeness (QED) is 0.800. The van der Waals surface area contributed by atoms with Gasteiger partial charge in [-0.25, -0.2) is 0 Å². The first-order valence-corrected chi connectivity index (χ1v) is 8.58. The van der Waals surface area contributed by atoms with Gasteiger partial charge in [-0.15, -0.1) is 0 Å². The van der Waals surface area contributed by atoms with Gasteiger partial charge < -0.3 is 10.1 Å². The molecule has 2 atom stereocenters. The molecule has 0 radical (unpaired) electrons. The fourth-order valence-electron chi connectivity index (χ4n) is 2.68. The van der Waals surface area contributed by atoms with E-state index in [1.807, 2.05) is 0 Å². The number of hydrogen-bond acceptors (Lipinski definition) is 2. The van der Waals surface area contributed by atoms with Gasteiger partial charge in [-0.1, -0.05) is 42.3 Å². The van der Waals surface area contributed by atoms with E-state index in [1.165, 1.54) is 11.1 Å². The third kappa shape index (κ3) is 4.75. The molecule has 4 heteroatoms. The molecule has 0 aliphatic rings. The third-order valence-electron chi connectivity index (χ3n) is 4.02. The highest BCUT2D eigenvalue weighted by atomic mass is 35.5. The second-order valence-electron chi connectivity index (χ2n) is 6.04. The molecule has 2 rings (SSSR count). The van der Waals surface area contributed by atoms with Gasteiger partial charge in [0, 0.05) is 5.02 Å². The lowest BCUT2D eigenvalue weighted by molar-refractivity contribution is -0.128. The number of amides is 1. The molecule has 0 bridgehead atoms. The Morgan fingerprint density at radius 1 is 1.17 bits per heavy atom. The molecule has 3 nitrogen and oxygen atoms in total. The van der Waals surface area contributed by atoms with Gasteiger partial charge in [-0.3, -0.25) is 4.79 Å². The van der Waals surface area contributed by atoms with Crippen LogP contribution in [0.2, 0.25) is 5.02 Å². The van der Waals surface area contributed by atoms with Crippen LogP contribution in [0.4, 0.5) is 0 Å². The number of carbonyl (C=O) groups is 1. The molecule has 0 saturated carbocycles. The van der Waals surface area contributed by atoms with E-state index >= 15 is 0 Å². The van der Waals surface area contributed by atoms with Crippen molar-refractivity contribution in [2.75, 3.05) is 0 Å². The number of halogens is 1. The number of aryl methyl sites for hydroxylation is 2. The summed E-state index contributed by atoms with van der Waals surface area (Å²) in [5, 5.41) is 3.72. The number of rotatable bonds is 6. The van der Waals surface area contributed by atoms with Gasteiger partial charge in [0.1, 0.15) is 5.75 Å². The Bertz CT molecular complexity index is 697. The van der Waals surface area contributed by atoms with E-state index in [4.69, 9.17) is 16.3 Å². The van der Waals surface area contributed by atoms with Gasteiger partial charge in [0.2, 0.25) is 0 Å². The first-order valence-electron chi connectivity index (χ1n) is 8.20. The van der Waals surface area contributed by atoms with Crippen LogP contribution in [0.25, 0.3) is 0 Å². The average molecular weight is 346 g/mol. The zero-order valence-corrected chi connectivity index (χ0v) is 15.4. The standard InChI is InChI=1S/C20H24ClNO2/c1-5-19(18-11-6-13(2)12-14(18)3)22-20(23)15(4)24-17-9-7-16(21)8-10-17/h6-12,15,19H,5H2,1-4H3,(H,22,23). The molecule has 0 aliphatic carbocycles. The molecule has 0 spiro atoms. The lowest BCUT2D eigenvalue weighted by atomic mass is 9.97. The van der Waals surface area contributed by atoms with Crippen LogP contribution < -0.4 is 10.1 Å². The van der Waals surface area contributed by atoms with Crippen molar-refractivity contribution in [3.05, 3.63) is 64.2 Å². The zero-order valence-electron chi connectivity index (χ0n) is 14.6. The molecule has 0 aliphatic heterocycles. The summed E-state index contributed by atoms with van der Waals surface area (Å²) in [5.74, 6) is 0.499. The highest BCUT2D eigenvalue weighted by Gasteiger charge is 2.20. The number of carbonyl (C=O) groups excluding carboxylic acids is 1. The van der Waals surface area contributed by atoms with Crippen molar-refractivity contribution in [2.45, 2.75) is 46.3 Å². The monoisotopic (exact) mass is 345 g/mol.